The smallest absolute Gasteiger partial charge is 0.149 e. The Morgan fingerprint density at radius 3 is 2.55 bits per heavy atom. The predicted octanol–water partition coefficient (Wildman–Crippen LogP) is 3.87. The molecule has 4 N–H and O–H groups in total. The van der Waals surface area contributed by atoms with Gasteiger partial charge in [-0.2, -0.15) is 0 Å². The Hall–Kier alpha value is -3.52. The van der Waals surface area contributed by atoms with Gasteiger partial charge in [0.1, 0.15) is 17.5 Å². The summed E-state index contributed by atoms with van der Waals surface area (Å²) < 4.78 is 14.7. The number of nitrogens with zero attached hydrogens (tertiary/aromatic N) is 3. The molecule has 33 heavy (non-hydrogen) atoms. The van der Waals surface area contributed by atoms with Crippen molar-refractivity contribution in [1.29, 1.82) is 5.41 Å². The highest BCUT2D eigenvalue weighted by Gasteiger charge is 2.18. The second-order valence-corrected chi connectivity index (χ2v) is 8.39. The van der Waals surface area contributed by atoms with E-state index in [2.05, 4.69) is 44.7 Å². The number of hydrogen-bond acceptors (Lipinski definition) is 7. The highest BCUT2D eigenvalue weighted by molar-refractivity contribution is 6.13. The normalized spacial score (nSPS) is 17.8. The van der Waals surface area contributed by atoms with Crippen LogP contribution in [0.15, 0.2) is 60.1 Å². The maximum atomic E-state index is 14.7. The molecule has 7 nitrogen and oxygen atoms in total. The van der Waals surface area contributed by atoms with Crippen LogP contribution < -0.4 is 20.9 Å². The Kier molecular flexibility index (Phi) is 6.84. The molecule has 0 radical (unpaired) electrons. The van der Waals surface area contributed by atoms with Crippen LogP contribution in [0.1, 0.15) is 19.4 Å². The number of rotatable bonds is 6. The molecular formula is C25H30FN7. The van der Waals surface area contributed by atoms with Crippen molar-refractivity contribution in [1.82, 2.24) is 20.6 Å². The molecule has 1 fully saturated rings. The van der Waals surface area contributed by atoms with E-state index in [1.165, 1.54) is 6.20 Å². The summed E-state index contributed by atoms with van der Waals surface area (Å²) in [4.78, 5) is 11.0. The van der Waals surface area contributed by atoms with Gasteiger partial charge in [0.05, 0.1) is 23.8 Å². The second-order valence-electron chi connectivity index (χ2n) is 8.39. The van der Waals surface area contributed by atoms with E-state index < -0.39 is 5.82 Å². The lowest BCUT2D eigenvalue weighted by molar-refractivity contribution is 0.589. The quantitative estimate of drug-likeness (QED) is 0.538. The zero-order valence-electron chi connectivity index (χ0n) is 19.2. The topological polar surface area (TPSA) is 89.0 Å². The average molecular weight is 448 g/mol. The average Bonchev–Trinajstić information content (AvgIpc) is 2.83. The van der Waals surface area contributed by atoms with Gasteiger partial charge in [-0.25, -0.2) is 14.4 Å². The van der Waals surface area contributed by atoms with E-state index in [1.807, 2.05) is 31.5 Å². The summed E-state index contributed by atoms with van der Waals surface area (Å²) in [5.41, 5.74) is 4.31. The van der Waals surface area contributed by atoms with E-state index in [-0.39, 0.29) is 5.92 Å². The van der Waals surface area contributed by atoms with E-state index >= 15 is 0 Å². The number of aromatic nitrogens is 2. The third kappa shape index (κ3) is 5.12. The Morgan fingerprint density at radius 1 is 1.12 bits per heavy atom. The first-order chi connectivity index (χ1) is 16.0. The highest BCUT2D eigenvalue weighted by atomic mass is 19.1. The fourth-order valence-electron chi connectivity index (χ4n) is 4.10. The molecule has 0 spiro atoms. The summed E-state index contributed by atoms with van der Waals surface area (Å²) in [5, 5.41) is 18.0. The summed E-state index contributed by atoms with van der Waals surface area (Å²) in [5.74, 6) is 0.949. The number of allylic oxidation sites excluding steroid dienone is 6. The van der Waals surface area contributed by atoms with Gasteiger partial charge >= 0.3 is 0 Å². The Balaban J connectivity index is 1.58. The van der Waals surface area contributed by atoms with Gasteiger partial charge in [-0.3, -0.25) is 0 Å². The molecule has 1 saturated heterocycles. The standard InChI is InChI=1S/C25H30FN7/c1-16(2)25(28-3)20-12-17(4-6-22(20)27)19-13-24(31-15-21(19)26)32-23-7-5-18(14-30-23)33-10-8-29-9-11-33/h4-7,12-16,27-29H,8-11H2,1-3H3,(H,30,31,32)/b25-20-,27-22?. The minimum Gasteiger partial charge on any atom is -0.391 e. The second kappa shape index (κ2) is 9.95. The lowest BCUT2D eigenvalue weighted by atomic mass is 9.91. The molecule has 0 unspecified atom stereocenters. The van der Waals surface area contributed by atoms with Crippen LogP contribution in [-0.2, 0) is 0 Å². The molecule has 4 rings (SSSR count). The van der Waals surface area contributed by atoms with Crippen molar-refractivity contribution in [3.63, 3.8) is 0 Å². The van der Waals surface area contributed by atoms with Gasteiger partial charge in [-0.1, -0.05) is 19.9 Å². The Morgan fingerprint density at radius 2 is 1.88 bits per heavy atom. The van der Waals surface area contributed by atoms with Crippen LogP contribution >= 0.6 is 0 Å². The largest absolute Gasteiger partial charge is 0.391 e. The van der Waals surface area contributed by atoms with Crippen LogP contribution in [0, 0.1) is 17.1 Å². The van der Waals surface area contributed by atoms with Gasteiger partial charge in [0.2, 0.25) is 0 Å². The van der Waals surface area contributed by atoms with E-state index in [0.29, 0.717) is 28.5 Å². The first kappa shape index (κ1) is 22.7. The highest BCUT2D eigenvalue weighted by Crippen LogP contribution is 2.29. The summed E-state index contributed by atoms with van der Waals surface area (Å²) >= 11 is 0. The molecule has 1 aliphatic heterocycles. The summed E-state index contributed by atoms with van der Waals surface area (Å²) in [6, 6.07) is 5.62. The first-order valence-electron chi connectivity index (χ1n) is 11.2. The third-order valence-electron chi connectivity index (χ3n) is 5.81. The van der Waals surface area contributed by atoms with Gasteiger partial charge in [-0.15, -0.1) is 0 Å². The zero-order chi connectivity index (χ0) is 23.4. The van der Waals surface area contributed by atoms with Crippen molar-refractivity contribution >= 4 is 28.6 Å². The summed E-state index contributed by atoms with van der Waals surface area (Å²) in [6.45, 7) is 7.98. The molecular weight excluding hydrogens is 417 g/mol. The van der Waals surface area contributed by atoms with E-state index in [0.717, 1.165) is 43.1 Å². The minimum atomic E-state index is -0.415. The van der Waals surface area contributed by atoms with Crippen LogP contribution in [0.4, 0.5) is 21.7 Å². The molecule has 2 aromatic rings. The number of nitrogens with one attached hydrogen (secondary N) is 4. The molecule has 1 aliphatic carbocycles. The maximum absolute atomic E-state index is 14.7. The lowest BCUT2D eigenvalue weighted by Crippen LogP contribution is -2.43. The predicted molar refractivity (Wildman–Crippen MR) is 133 cm³/mol. The number of pyridine rings is 2. The molecule has 172 valence electrons. The molecule has 0 saturated carbocycles. The van der Waals surface area contributed by atoms with Gasteiger partial charge in [0, 0.05) is 50.1 Å². The van der Waals surface area contributed by atoms with E-state index in [4.69, 9.17) is 5.41 Å². The SMILES string of the molecule is CN/C(=C1/C=C(c2cc(Nc3ccc(N4CCNCC4)cn3)ncc2F)C=CC1=N)C(C)C. The van der Waals surface area contributed by atoms with Crippen molar-refractivity contribution in [3.05, 3.63) is 71.5 Å². The fraction of sp³-hybridized carbons (Fsp3) is 0.320. The maximum Gasteiger partial charge on any atom is 0.149 e. The summed E-state index contributed by atoms with van der Waals surface area (Å²) in [7, 11) is 1.84. The Bertz CT molecular complexity index is 1110. The molecule has 2 aliphatic rings. The van der Waals surface area contributed by atoms with Crippen molar-refractivity contribution in [2.45, 2.75) is 13.8 Å². The van der Waals surface area contributed by atoms with Gasteiger partial charge in [-0.05, 0) is 41.8 Å². The van der Waals surface area contributed by atoms with Crippen LogP contribution in [0.3, 0.4) is 0 Å². The third-order valence-corrected chi connectivity index (χ3v) is 5.81. The molecule has 0 bridgehead atoms. The lowest BCUT2D eigenvalue weighted by Gasteiger charge is -2.29. The molecule has 0 atom stereocenters. The number of anilines is 3. The monoisotopic (exact) mass is 447 g/mol. The molecule has 0 aromatic carbocycles. The molecule has 3 heterocycles. The molecule has 2 aromatic heterocycles. The van der Waals surface area contributed by atoms with E-state index in [9.17, 15) is 4.39 Å². The van der Waals surface area contributed by atoms with Crippen LogP contribution in [0.5, 0.6) is 0 Å². The van der Waals surface area contributed by atoms with Crippen molar-refractivity contribution in [2.24, 2.45) is 5.92 Å². The zero-order valence-corrected chi connectivity index (χ0v) is 19.2. The summed E-state index contributed by atoms with van der Waals surface area (Å²) in [6.07, 6.45) is 8.39. The van der Waals surface area contributed by atoms with E-state index in [1.54, 1.807) is 18.2 Å². The van der Waals surface area contributed by atoms with Crippen molar-refractivity contribution < 1.29 is 4.39 Å². The number of piperazine rings is 1. The number of halogens is 1. The number of hydrogen-bond donors (Lipinski definition) is 4. The first-order valence-corrected chi connectivity index (χ1v) is 11.2. The van der Waals surface area contributed by atoms with Gasteiger partial charge < -0.3 is 26.3 Å². The van der Waals surface area contributed by atoms with Crippen molar-refractivity contribution in [3.8, 4) is 0 Å². The van der Waals surface area contributed by atoms with Crippen molar-refractivity contribution in [2.75, 3.05) is 43.4 Å². The van der Waals surface area contributed by atoms with Crippen LogP contribution in [0.2, 0.25) is 0 Å². The molecule has 0 amide bonds. The van der Waals surface area contributed by atoms with Crippen LogP contribution in [-0.4, -0.2) is 48.9 Å². The minimum absolute atomic E-state index is 0.212. The van der Waals surface area contributed by atoms with Gasteiger partial charge in [0.25, 0.3) is 0 Å². The van der Waals surface area contributed by atoms with Crippen LogP contribution in [0.25, 0.3) is 5.57 Å². The molecule has 8 heteroatoms. The Labute approximate surface area is 194 Å². The fourth-order valence-corrected chi connectivity index (χ4v) is 4.10. The van der Waals surface area contributed by atoms with Gasteiger partial charge in [0.15, 0.2) is 0 Å².